The quantitative estimate of drug-likeness (QED) is 0.881. The summed E-state index contributed by atoms with van der Waals surface area (Å²) >= 11 is 0. The normalized spacial score (nSPS) is 15.3. The maximum Gasteiger partial charge on any atom is 0.321 e. The van der Waals surface area contributed by atoms with Gasteiger partial charge < -0.3 is 10.2 Å². The fourth-order valence-electron chi connectivity index (χ4n) is 2.89. The van der Waals surface area contributed by atoms with Crippen molar-refractivity contribution in [3.63, 3.8) is 0 Å². The maximum atomic E-state index is 12.3. The molecule has 3 rings (SSSR count). The molecule has 0 saturated heterocycles. The number of carbonyl (C=O) groups excluding carboxylic acids is 1. The van der Waals surface area contributed by atoms with E-state index in [0.717, 1.165) is 17.5 Å². The van der Waals surface area contributed by atoms with Crippen molar-refractivity contribution in [2.45, 2.75) is 31.2 Å². The molecule has 1 N–H and O–H groups in total. The van der Waals surface area contributed by atoms with E-state index in [4.69, 9.17) is 0 Å². The second kappa shape index (κ2) is 6.59. The lowest BCUT2D eigenvalue weighted by atomic mass is 9.95. The molecule has 1 saturated carbocycles. The molecule has 1 aliphatic rings. The number of alkyl halides is 2. The van der Waals surface area contributed by atoms with Crippen molar-refractivity contribution < 1.29 is 13.6 Å². The number of anilines is 1. The molecule has 128 valence electrons. The molecule has 1 aromatic carbocycles. The summed E-state index contributed by atoms with van der Waals surface area (Å²) in [6.07, 6.45) is 2.42. The number of likely N-dealkylation sites (N-methyl/N-ethyl adjacent to an activating group) is 1. The highest BCUT2D eigenvalue weighted by Crippen LogP contribution is 2.48. The summed E-state index contributed by atoms with van der Waals surface area (Å²) in [6.45, 7) is 0.136. The fraction of sp³-hybridized carbons (Fsp3) is 0.412. The first-order chi connectivity index (χ1) is 11.5. The predicted octanol–water partition coefficient (Wildman–Crippen LogP) is 3.34. The van der Waals surface area contributed by atoms with Crippen molar-refractivity contribution in [2.24, 2.45) is 0 Å². The van der Waals surface area contributed by atoms with E-state index < -0.39 is 13.0 Å². The Morgan fingerprint density at radius 1 is 1.38 bits per heavy atom. The monoisotopic (exact) mass is 334 g/mol. The van der Waals surface area contributed by atoms with Crippen LogP contribution in [0.1, 0.15) is 18.4 Å². The van der Waals surface area contributed by atoms with Crippen LogP contribution in [0.25, 0.3) is 0 Å². The highest BCUT2D eigenvalue weighted by atomic mass is 19.3. The van der Waals surface area contributed by atoms with Gasteiger partial charge in [0.2, 0.25) is 0 Å². The molecule has 5 nitrogen and oxygen atoms in total. The second-order valence-electron chi connectivity index (χ2n) is 6.27. The predicted molar refractivity (Wildman–Crippen MR) is 87.2 cm³/mol. The van der Waals surface area contributed by atoms with Gasteiger partial charge >= 0.3 is 6.03 Å². The maximum absolute atomic E-state index is 12.3. The first kappa shape index (κ1) is 16.4. The number of amides is 2. The van der Waals surface area contributed by atoms with Crippen LogP contribution in [0.4, 0.5) is 19.3 Å². The van der Waals surface area contributed by atoms with E-state index in [1.165, 1.54) is 18.0 Å². The summed E-state index contributed by atoms with van der Waals surface area (Å²) in [4.78, 5) is 13.9. The minimum atomic E-state index is -2.48. The zero-order valence-electron chi connectivity index (χ0n) is 13.5. The van der Waals surface area contributed by atoms with Crippen LogP contribution in [0.5, 0.6) is 0 Å². The number of rotatable bonds is 6. The molecule has 24 heavy (non-hydrogen) atoms. The van der Waals surface area contributed by atoms with Gasteiger partial charge in [-0.1, -0.05) is 30.3 Å². The van der Waals surface area contributed by atoms with Crippen molar-refractivity contribution in [1.82, 2.24) is 14.7 Å². The number of aromatic nitrogens is 2. The van der Waals surface area contributed by atoms with E-state index in [1.54, 1.807) is 11.9 Å². The number of carbonyl (C=O) groups is 1. The Bertz CT molecular complexity index is 698. The van der Waals surface area contributed by atoms with Crippen LogP contribution in [0.2, 0.25) is 0 Å². The summed E-state index contributed by atoms with van der Waals surface area (Å²) in [7, 11) is 1.74. The van der Waals surface area contributed by atoms with Gasteiger partial charge in [-0.2, -0.15) is 5.10 Å². The van der Waals surface area contributed by atoms with Crippen LogP contribution in [-0.4, -0.2) is 40.7 Å². The highest BCUT2D eigenvalue weighted by Gasteiger charge is 2.45. The van der Waals surface area contributed by atoms with E-state index in [2.05, 4.69) is 22.5 Å². The Kier molecular flexibility index (Phi) is 4.51. The molecular formula is C17H20F2N4O. The van der Waals surface area contributed by atoms with Gasteiger partial charge in [-0.15, -0.1) is 0 Å². The fourth-order valence-corrected chi connectivity index (χ4v) is 2.89. The Morgan fingerprint density at radius 3 is 2.71 bits per heavy atom. The van der Waals surface area contributed by atoms with Crippen molar-refractivity contribution in [2.75, 3.05) is 18.9 Å². The molecule has 2 aromatic rings. The zero-order chi connectivity index (χ0) is 17.2. The molecule has 0 atom stereocenters. The van der Waals surface area contributed by atoms with E-state index in [1.807, 2.05) is 18.2 Å². The van der Waals surface area contributed by atoms with E-state index in [0.29, 0.717) is 12.2 Å². The minimum absolute atomic E-state index is 0.0349. The molecule has 0 bridgehead atoms. The molecule has 1 fully saturated rings. The summed E-state index contributed by atoms with van der Waals surface area (Å²) in [5.41, 5.74) is 1.69. The topological polar surface area (TPSA) is 50.2 Å². The van der Waals surface area contributed by atoms with Gasteiger partial charge in [0.25, 0.3) is 6.43 Å². The Balaban J connectivity index is 1.58. The highest BCUT2D eigenvalue weighted by molar-refractivity contribution is 5.88. The van der Waals surface area contributed by atoms with Crippen LogP contribution in [-0.2, 0) is 12.0 Å². The number of benzene rings is 1. The average Bonchev–Trinajstić information content (AvgIpc) is 3.21. The van der Waals surface area contributed by atoms with Crippen LogP contribution in [0.3, 0.4) is 0 Å². The third-order valence-electron chi connectivity index (χ3n) is 4.34. The third kappa shape index (κ3) is 3.72. The van der Waals surface area contributed by atoms with E-state index in [9.17, 15) is 13.6 Å². The molecular weight excluding hydrogens is 314 g/mol. The molecule has 0 spiro atoms. The summed E-state index contributed by atoms with van der Waals surface area (Å²) in [5.74, 6) is 0. The lowest BCUT2D eigenvalue weighted by molar-refractivity contribution is 0.122. The molecule has 0 aliphatic heterocycles. The average molecular weight is 334 g/mol. The summed E-state index contributed by atoms with van der Waals surface area (Å²) < 4.78 is 25.8. The number of nitrogens with one attached hydrogen (secondary N) is 1. The molecule has 1 heterocycles. The van der Waals surface area contributed by atoms with Gasteiger partial charge in [0, 0.05) is 25.2 Å². The summed E-state index contributed by atoms with van der Waals surface area (Å²) in [6, 6.07) is 9.90. The number of halogens is 2. The molecule has 0 radical (unpaired) electrons. The van der Waals surface area contributed by atoms with Gasteiger partial charge in [-0.25, -0.2) is 13.6 Å². The van der Waals surface area contributed by atoms with Crippen LogP contribution < -0.4 is 5.32 Å². The number of hydrogen-bond acceptors (Lipinski definition) is 2. The van der Waals surface area contributed by atoms with Crippen LogP contribution in [0.15, 0.2) is 42.7 Å². The van der Waals surface area contributed by atoms with Gasteiger partial charge in [0.05, 0.1) is 11.9 Å². The van der Waals surface area contributed by atoms with Gasteiger partial charge in [-0.05, 0) is 18.4 Å². The standard InChI is InChI=1S/C17H20F2N4O/c1-22(12-17(7-8-17)13-5-3-2-4-6-13)16(24)21-14-9-20-23(10-14)11-15(18)19/h2-6,9-10,15H,7-8,11-12H2,1H3,(H,21,24). The van der Waals surface area contributed by atoms with Crippen molar-refractivity contribution >= 4 is 11.7 Å². The SMILES string of the molecule is CN(CC1(c2ccccc2)CC1)C(=O)Nc1cnn(CC(F)F)c1. The van der Waals surface area contributed by atoms with E-state index >= 15 is 0 Å². The number of hydrogen-bond donors (Lipinski definition) is 1. The van der Waals surface area contributed by atoms with Crippen molar-refractivity contribution in [1.29, 1.82) is 0 Å². The molecule has 1 aliphatic carbocycles. The minimum Gasteiger partial charge on any atom is -0.327 e. The number of nitrogens with zero attached hydrogens (tertiary/aromatic N) is 3. The Morgan fingerprint density at radius 2 is 2.08 bits per heavy atom. The third-order valence-corrected chi connectivity index (χ3v) is 4.34. The Labute approximate surface area is 139 Å². The molecule has 7 heteroatoms. The summed E-state index contributed by atoms with van der Waals surface area (Å²) in [5, 5.41) is 6.50. The zero-order valence-corrected chi connectivity index (χ0v) is 13.5. The molecule has 0 unspecified atom stereocenters. The molecule has 2 amide bonds. The Hall–Kier alpha value is -2.44. The largest absolute Gasteiger partial charge is 0.327 e. The van der Waals surface area contributed by atoms with Crippen LogP contribution >= 0.6 is 0 Å². The van der Waals surface area contributed by atoms with Crippen LogP contribution in [0, 0.1) is 0 Å². The van der Waals surface area contributed by atoms with Crippen molar-refractivity contribution in [3.05, 3.63) is 48.3 Å². The first-order valence-electron chi connectivity index (χ1n) is 7.87. The lowest BCUT2D eigenvalue weighted by Gasteiger charge is -2.24. The second-order valence-corrected chi connectivity index (χ2v) is 6.27. The lowest BCUT2D eigenvalue weighted by Crippen LogP contribution is -2.37. The van der Waals surface area contributed by atoms with Gasteiger partial charge in [0.15, 0.2) is 0 Å². The van der Waals surface area contributed by atoms with Gasteiger partial charge in [0.1, 0.15) is 6.54 Å². The van der Waals surface area contributed by atoms with Crippen molar-refractivity contribution in [3.8, 4) is 0 Å². The first-order valence-corrected chi connectivity index (χ1v) is 7.87. The van der Waals surface area contributed by atoms with E-state index in [-0.39, 0.29) is 11.4 Å². The molecule has 1 aromatic heterocycles. The van der Waals surface area contributed by atoms with Gasteiger partial charge in [-0.3, -0.25) is 4.68 Å². The smallest absolute Gasteiger partial charge is 0.321 e. The number of urea groups is 1.